The summed E-state index contributed by atoms with van der Waals surface area (Å²) < 4.78 is 1.53. The Morgan fingerprint density at radius 2 is 1.69 bits per heavy atom. The van der Waals surface area contributed by atoms with Gasteiger partial charge in [-0.2, -0.15) is 0 Å². The molecule has 3 aromatic rings. The van der Waals surface area contributed by atoms with E-state index in [1.54, 1.807) is 42.5 Å². The molecule has 5 nitrogen and oxygen atoms in total. The van der Waals surface area contributed by atoms with Gasteiger partial charge in [-0.1, -0.05) is 35.0 Å². The van der Waals surface area contributed by atoms with Crippen molar-refractivity contribution < 1.29 is 4.79 Å². The molecule has 0 N–H and O–H groups in total. The monoisotopic (exact) mass is 447 g/mol. The Hall–Kier alpha value is -2.02. The van der Waals surface area contributed by atoms with E-state index < -0.39 is 0 Å². The Labute approximate surface area is 182 Å². The summed E-state index contributed by atoms with van der Waals surface area (Å²) in [6.07, 6.45) is 3.25. The number of carbonyl (C=O) groups is 1. The molecule has 2 aromatic carbocycles. The number of piperidine rings is 1. The Bertz CT molecular complexity index is 1110. The van der Waals surface area contributed by atoms with E-state index in [4.69, 9.17) is 23.2 Å². The number of hydrogen-bond acceptors (Lipinski definition) is 4. The molecule has 8 heteroatoms. The second-order valence-corrected chi connectivity index (χ2v) is 8.72. The van der Waals surface area contributed by atoms with E-state index in [-0.39, 0.29) is 17.2 Å². The van der Waals surface area contributed by atoms with Gasteiger partial charge in [-0.05, 0) is 61.7 Å². The van der Waals surface area contributed by atoms with Crippen molar-refractivity contribution in [2.24, 2.45) is 0 Å². The van der Waals surface area contributed by atoms with Gasteiger partial charge >= 0.3 is 0 Å². The smallest absolute Gasteiger partial charge is 0.266 e. The van der Waals surface area contributed by atoms with E-state index in [1.807, 2.05) is 4.90 Å². The molecule has 0 atom stereocenters. The van der Waals surface area contributed by atoms with Gasteiger partial charge in [-0.15, -0.1) is 0 Å². The molecule has 1 amide bonds. The van der Waals surface area contributed by atoms with E-state index in [0.29, 0.717) is 31.8 Å². The standard InChI is InChI=1S/C21H19Cl2N3O2S/c22-14-4-7-16(8-5-14)26-20(28)17-9-6-15(23)12-18(17)24-21(26)29-13-19(27)25-10-2-1-3-11-25/h4-9,12H,1-3,10-11,13H2. The van der Waals surface area contributed by atoms with Crippen LogP contribution in [0.2, 0.25) is 10.0 Å². The minimum absolute atomic E-state index is 0.0674. The maximum absolute atomic E-state index is 13.2. The number of carbonyl (C=O) groups excluding carboxylic acids is 1. The van der Waals surface area contributed by atoms with E-state index in [0.717, 1.165) is 25.9 Å². The molecule has 0 bridgehead atoms. The van der Waals surface area contributed by atoms with E-state index in [2.05, 4.69) is 4.98 Å². The number of aromatic nitrogens is 2. The maximum atomic E-state index is 13.2. The van der Waals surface area contributed by atoms with Crippen molar-refractivity contribution in [3.63, 3.8) is 0 Å². The molecule has 29 heavy (non-hydrogen) atoms. The third-order valence-electron chi connectivity index (χ3n) is 4.92. The fraction of sp³-hybridized carbons (Fsp3) is 0.286. The number of benzene rings is 2. The molecule has 1 aliphatic heterocycles. The van der Waals surface area contributed by atoms with Crippen molar-refractivity contribution in [2.75, 3.05) is 18.8 Å². The molecule has 2 heterocycles. The topological polar surface area (TPSA) is 55.2 Å². The summed E-state index contributed by atoms with van der Waals surface area (Å²) in [6, 6.07) is 12.0. The van der Waals surface area contributed by atoms with Crippen LogP contribution < -0.4 is 5.56 Å². The minimum Gasteiger partial charge on any atom is -0.342 e. The Balaban J connectivity index is 1.73. The summed E-state index contributed by atoms with van der Waals surface area (Å²) in [4.78, 5) is 32.4. The summed E-state index contributed by atoms with van der Waals surface area (Å²) in [5.74, 6) is 0.296. The summed E-state index contributed by atoms with van der Waals surface area (Å²) >= 11 is 13.4. The lowest BCUT2D eigenvalue weighted by Crippen LogP contribution is -2.36. The van der Waals surface area contributed by atoms with Crippen LogP contribution in [-0.4, -0.2) is 39.2 Å². The first-order chi connectivity index (χ1) is 14.0. The predicted molar refractivity (Wildman–Crippen MR) is 119 cm³/mol. The van der Waals surface area contributed by atoms with E-state index >= 15 is 0 Å². The zero-order valence-electron chi connectivity index (χ0n) is 15.6. The van der Waals surface area contributed by atoms with Crippen LogP contribution in [0.4, 0.5) is 0 Å². The first-order valence-corrected chi connectivity index (χ1v) is 11.2. The summed E-state index contributed by atoms with van der Waals surface area (Å²) in [6.45, 7) is 1.59. The van der Waals surface area contributed by atoms with Crippen molar-refractivity contribution in [2.45, 2.75) is 24.4 Å². The number of nitrogens with zero attached hydrogens (tertiary/aromatic N) is 3. The zero-order chi connectivity index (χ0) is 20.4. The van der Waals surface area contributed by atoms with Crippen LogP contribution in [0.3, 0.4) is 0 Å². The second-order valence-electron chi connectivity index (χ2n) is 6.90. The number of likely N-dealkylation sites (tertiary alicyclic amines) is 1. The fourth-order valence-corrected chi connectivity index (χ4v) is 4.62. The van der Waals surface area contributed by atoms with Gasteiger partial charge in [0.1, 0.15) is 0 Å². The fourth-order valence-electron chi connectivity index (χ4n) is 3.41. The van der Waals surface area contributed by atoms with Crippen molar-refractivity contribution in [3.8, 4) is 5.69 Å². The van der Waals surface area contributed by atoms with Gasteiger partial charge in [-0.25, -0.2) is 4.98 Å². The van der Waals surface area contributed by atoms with Gasteiger partial charge in [0.2, 0.25) is 5.91 Å². The van der Waals surface area contributed by atoms with Crippen molar-refractivity contribution >= 4 is 51.8 Å². The number of fused-ring (bicyclic) bond motifs is 1. The van der Waals surface area contributed by atoms with Crippen LogP contribution in [0.25, 0.3) is 16.6 Å². The molecular weight excluding hydrogens is 429 g/mol. The first-order valence-electron chi connectivity index (χ1n) is 9.42. The molecule has 0 radical (unpaired) electrons. The molecule has 1 fully saturated rings. The normalized spacial score (nSPS) is 14.3. The molecule has 150 valence electrons. The number of halogens is 2. The van der Waals surface area contributed by atoms with Gasteiger partial charge in [0.15, 0.2) is 5.16 Å². The quantitative estimate of drug-likeness (QED) is 0.425. The highest BCUT2D eigenvalue weighted by atomic mass is 35.5. The molecule has 0 unspecified atom stereocenters. The molecular formula is C21H19Cl2N3O2S. The Morgan fingerprint density at radius 1 is 1.00 bits per heavy atom. The van der Waals surface area contributed by atoms with Gasteiger partial charge in [0.05, 0.1) is 22.3 Å². The molecule has 0 aliphatic carbocycles. The molecule has 1 aromatic heterocycles. The van der Waals surface area contributed by atoms with Crippen molar-refractivity contribution in [1.29, 1.82) is 0 Å². The van der Waals surface area contributed by atoms with Crippen LogP contribution in [-0.2, 0) is 4.79 Å². The average molecular weight is 448 g/mol. The van der Waals surface area contributed by atoms with Crippen LogP contribution in [0.5, 0.6) is 0 Å². The third kappa shape index (κ3) is 4.44. The summed E-state index contributed by atoms with van der Waals surface area (Å²) in [5, 5.41) is 2.01. The lowest BCUT2D eigenvalue weighted by Gasteiger charge is -2.26. The van der Waals surface area contributed by atoms with Gasteiger partial charge in [0.25, 0.3) is 5.56 Å². The zero-order valence-corrected chi connectivity index (χ0v) is 17.9. The highest BCUT2D eigenvalue weighted by Crippen LogP contribution is 2.24. The first kappa shape index (κ1) is 20.3. The predicted octanol–water partition coefficient (Wildman–Crippen LogP) is 4.80. The molecule has 0 spiro atoms. The SMILES string of the molecule is O=C(CSc1nc2cc(Cl)ccc2c(=O)n1-c1ccc(Cl)cc1)N1CCCCC1. The highest BCUT2D eigenvalue weighted by Gasteiger charge is 2.19. The van der Waals surface area contributed by atoms with E-state index in [9.17, 15) is 9.59 Å². The average Bonchev–Trinajstić information content (AvgIpc) is 2.73. The number of rotatable bonds is 4. The van der Waals surface area contributed by atoms with Crippen LogP contribution in [0.1, 0.15) is 19.3 Å². The summed E-state index contributed by atoms with van der Waals surface area (Å²) in [5.41, 5.74) is 0.958. The number of amides is 1. The molecule has 4 rings (SSSR count). The lowest BCUT2D eigenvalue weighted by molar-refractivity contribution is -0.129. The van der Waals surface area contributed by atoms with Crippen LogP contribution in [0.15, 0.2) is 52.4 Å². The van der Waals surface area contributed by atoms with E-state index in [1.165, 1.54) is 22.7 Å². The molecule has 0 saturated carbocycles. The van der Waals surface area contributed by atoms with Gasteiger partial charge < -0.3 is 4.90 Å². The lowest BCUT2D eigenvalue weighted by atomic mass is 10.1. The molecule has 1 saturated heterocycles. The second kappa shape index (κ2) is 8.78. The number of thioether (sulfide) groups is 1. The highest BCUT2D eigenvalue weighted by molar-refractivity contribution is 7.99. The summed E-state index contributed by atoms with van der Waals surface area (Å²) in [7, 11) is 0. The van der Waals surface area contributed by atoms with Crippen molar-refractivity contribution in [1.82, 2.24) is 14.5 Å². The Morgan fingerprint density at radius 3 is 2.41 bits per heavy atom. The Kier molecular flexibility index (Phi) is 6.13. The number of hydrogen-bond donors (Lipinski definition) is 0. The van der Waals surface area contributed by atoms with Gasteiger partial charge in [-0.3, -0.25) is 14.2 Å². The maximum Gasteiger partial charge on any atom is 0.266 e. The largest absolute Gasteiger partial charge is 0.342 e. The van der Waals surface area contributed by atoms with Crippen LogP contribution >= 0.6 is 35.0 Å². The minimum atomic E-state index is -0.207. The van der Waals surface area contributed by atoms with Crippen LogP contribution in [0, 0.1) is 0 Å². The van der Waals surface area contributed by atoms with Gasteiger partial charge in [0, 0.05) is 23.1 Å². The molecule has 1 aliphatic rings. The van der Waals surface area contributed by atoms with Crippen molar-refractivity contribution in [3.05, 3.63) is 62.9 Å². The third-order valence-corrected chi connectivity index (χ3v) is 6.33.